The van der Waals surface area contributed by atoms with E-state index in [1.165, 1.54) is 0 Å². The van der Waals surface area contributed by atoms with E-state index in [0.29, 0.717) is 24.8 Å². The first-order valence-electron chi connectivity index (χ1n) is 9.63. The third-order valence-electron chi connectivity index (χ3n) is 4.90. The maximum absolute atomic E-state index is 12.8. The molecular formula is C21H23N5O2. The van der Waals surface area contributed by atoms with Gasteiger partial charge in [-0.05, 0) is 30.7 Å². The monoisotopic (exact) mass is 377 g/mol. The molecule has 1 amide bonds. The summed E-state index contributed by atoms with van der Waals surface area (Å²) in [6.45, 7) is 4.89. The molecule has 28 heavy (non-hydrogen) atoms. The summed E-state index contributed by atoms with van der Waals surface area (Å²) in [5.41, 5.74) is 1.56. The van der Waals surface area contributed by atoms with E-state index >= 15 is 0 Å². The molecule has 3 heterocycles. The number of anilines is 1. The molecule has 1 aliphatic rings. The van der Waals surface area contributed by atoms with E-state index < -0.39 is 0 Å². The number of hydrogen-bond donors (Lipinski definition) is 0. The van der Waals surface area contributed by atoms with Gasteiger partial charge in [0.15, 0.2) is 5.82 Å². The summed E-state index contributed by atoms with van der Waals surface area (Å²) >= 11 is 0. The SMILES string of the molecule is CCc1noc(-c2cccnc2N2CCCN(C(=O)c3ccccc3)CC2)n1. The fraction of sp³-hybridized carbons (Fsp3) is 0.333. The van der Waals surface area contributed by atoms with Gasteiger partial charge in [0.05, 0.1) is 5.56 Å². The summed E-state index contributed by atoms with van der Waals surface area (Å²) in [6, 6.07) is 13.3. The Morgan fingerprint density at radius 3 is 2.71 bits per heavy atom. The molecule has 1 aliphatic heterocycles. The predicted octanol–water partition coefficient (Wildman–Crippen LogP) is 3.05. The molecule has 0 saturated carbocycles. The second kappa shape index (κ2) is 8.21. The van der Waals surface area contributed by atoms with Crippen molar-refractivity contribution in [2.24, 2.45) is 0 Å². The number of amides is 1. The fourth-order valence-corrected chi connectivity index (χ4v) is 3.42. The van der Waals surface area contributed by atoms with Gasteiger partial charge in [0.1, 0.15) is 5.82 Å². The van der Waals surface area contributed by atoms with Crippen LogP contribution >= 0.6 is 0 Å². The minimum atomic E-state index is 0.0770. The number of aromatic nitrogens is 3. The smallest absolute Gasteiger partial charge is 0.261 e. The topological polar surface area (TPSA) is 75.4 Å². The van der Waals surface area contributed by atoms with Crippen molar-refractivity contribution in [2.75, 3.05) is 31.1 Å². The minimum absolute atomic E-state index is 0.0770. The predicted molar refractivity (Wildman–Crippen MR) is 106 cm³/mol. The highest BCUT2D eigenvalue weighted by atomic mass is 16.5. The van der Waals surface area contributed by atoms with Gasteiger partial charge in [-0.25, -0.2) is 4.98 Å². The Balaban J connectivity index is 1.53. The maximum Gasteiger partial charge on any atom is 0.261 e. The third kappa shape index (κ3) is 3.74. The largest absolute Gasteiger partial charge is 0.354 e. The van der Waals surface area contributed by atoms with Gasteiger partial charge in [-0.1, -0.05) is 30.3 Å². The molecule has 0 atom stereocenters. The zero-order valence-electron chi connectivity index (χ0n) is 15.9. The van der Waals surface area contributed by atoms with Crippen LogP contribution in [0.4, 0.5) is 5.82 Å². The van der Waals surface area contributed by atoms with Crippen molar-refractivity contribution in [3.8, 4) is 11.5 Å². The summed E-state index contributed by atoms with van der Waals surface area (Å²) in [4.78, 5) is 25.9. The van der Waals surface area contributed by atoms with E-state index in [1.807, 2.05) is 54.3 Å². The highest BCUT2D eigenvalue weighted by molar-refractivity contribution is 5.94. The minimum Gasteiger partial charge on any atom is -0.354 e. The molecule has 0 radical (unpaired) electrons. The van der Waals surface area contributed by atoms with Gasteiger partial charge >= 0.3 is 0 Å². The van der Waals surface area contributed by atoms with E-state index in [1.54, 1.807) is 6.20 Å². The average Bonchev–Trinajstić information content (AvgIpc) is 3.11. The second-order valence-corrected chi connectivity index (χ2v) is 6.74. The number of aryl methyl sites for hydroxylation is 1. The summed E-state index contributed by atoms with van der Waals surface area (Å²) < 4.78 is 5.43. The highest BCUT2D eigenvalue weighted by Gasteiger charge is 2.23. The van der Waals surface area contributed by atoms with Gasteiger partial charge in [-0.3, -0.25) is 4.79 Å². The Hall–Kier alpha value is -3.22. The molecule has 7 heteroatoms. The molecule has 7 nitrogen and oxygen atoms in total. The maximum atomic E-state index is 12.8. The van der Waals surface area contributed by atoms with Gasteiger partial charge in [-0.2, -0.15) is 4.98 Å². The second-order valence-electron chi connectivity index (χ2n) is 6.74. The summed E-state index contributed by atoms with van der Waals surface area (Å²) in [5.74, 6) is 2.07. The van der Waals surface area contributed by atoms with Crippen LogP contribution in [-0.4, -0.2) is 52.1 Å². The summed E-state index contributed by atoms with van der Waals surface area (Å²) in [5, 5.41) is 4.00. The zero-order valence-corrected chi connectivity index (χ0v) is 15.9. The third-order valence-corrected chi connectivity index (χ3v) is 4.90. The molecule has 0 aliphatic carbocycles. The van der Waals surface area contributed by atoms with E-state index in [-0.39, 0.29) is 5.91 Å². The first kappa shape index (κ1) is 18.2. The van der Waals surface area contributed by atoms with E-state index in [2.05, 4.69) is 20.0 Å². The van der Waals surface area contributed by atoms with Gasteiger partial charge in [0.2, 0.25) is 0 Å². The zero-order chi connectivity index (χ0) is 19.3. The molecule has 1 aromatic carbocycles. The summed E-state index contributed by atoms with van der Waals surface area (Å²) in [7, 11) is 0. The fourth-order valence-electron chi connectivity index (χ4n) is 3.42. The van der Waals surface area contributed by atoms with Crippen LogP contribution in [0.3, 0.4) is 0 Å². The van der Waals surface area contributed by atoms with Crippen LogP contribution in [0.15, 0.2) is 53.2 Å². The van der Waals surface area contributed by atoms with Crippen molar-refractivity contribution >= 4 is 11.7 Å². The molecule has 4 rings (SSSR count). The number of benzene rings is 1. The van der Waals surface area contributed by atoms with Crippen LogP contribution in [0.2, 0.25) is 0 Å². The first-order valence-corrected chi connectivity index (χ1v) is 9.63. The molecule has 3 aromatic rings. The van der Waals surface area contributed by atoms with Crippen molar-refractivity contribution in [3.63, 3.8) is 0 Å². The molecule has 0 unspecified atom stereocenters. The standard InChI is InChI=1S/C21H23N5O2/c1-2-18-23-20(28-24-18)17-10-6-11-22-19(17)25-12-7-13-26(15-14-25)21(27)16-8-4-3-5-9-16/h3-6,8-11H,2,7,12-15H2,1H3. The van der Waals surface area contributed by atoms with Crippen molar-refractivity contribution in [1.29, 1.82) is 0 Å². The molecular weight excluding hydrogens is 354 g/mol. The lowest BCUT2D eigenvalue weighted by atomic mass is 10.2. The van der Waals surface area contributed by atoms with Gasteiger partial charge in [0.25, 0.3) is 11.8 Å². The van der Waals surface area contributed by atoms with Crippen LogP contribution in [0.25, 0.3) is 11.5 Å². The van der Waals surface area contributed by atoms with Crippen molar-refractivity contribution in [1.82, 2.24) is 20.0 Å². The number of carbonyl (C=O) groups is 1. The number of nitrogens with zero attached hydrogens (tertiary/aromatic N) is 5. The Morgan fingerprint density at radius 2 is 1.93 bits per heavy atom. The molecule has 0 bridgehead atoms. The lowest BCUT2D eigenvalue weighted by Crippen LogP contribution is -2.35. The Labute approximate surface area is 164 Å². The van der Waals surface area contributed by atoms with Crippen molar-refractivity contribution in [3.05, 3.63) is 60.0 Å². The Bertz CT molecular complexity index is 941. The molecule has 0 N–H and O–H groups in total. The molecule has 2 aromatic heterocycles. The van der Waals surface area contributed by atoms with Crippen molar-refractivity contribution < 1.29 is 9.32 Å². The quantitative estimate of drug-likeness (QED) is 0.696. The van der Waals surface area contributed by atoms with Gasteiger partial charge in [0, 0.05) is 44.4 Å². The number of hydrogen-bond acceptors (Lipinski definition) is 6. The van der Waals surface area contributed by atoms with Crippen LogP contribution < -0.4 is 4.90 Å². The Morgan fingerprint density at radius 1 is 1.07 bits per heavy atom. The van der Waals surface area contributed by atoms with E-state index in [4.69, 9.17) is 4.52 Å². The van der Waals surface area contributed by atoms with Crippen LogP contribution in [-0.2, 0) is 6.42 Å². The molecule has 144 valence electrons. The van der Waals surface area contributed by atoms with Gasteiger partial charge < -0.3 is 14.3 Å². The van der Waals surface area contributed by atoms with E-state index in [9.17, 15) is 4.79 Å². The van der Waals surface area contributed by atoms with E-state index in [0.717, 1.165) is 42.9 Å². The normalized spacial score (nSPS) is 14.8. The molecule has 1 fully saturated rings. The lowest BCUT2D eigenvalue weighted by molar-refractivity contribution is 0.0767. The lowest BCUT2D eigenvalue weighted by Gasteiger charge is -2.24. The molecule has 0 spiro atoms. The average molecular weight is 377 g/mol. The van der Waals surface area contributed by atoms with Gasteiger partial charge in [-0.15, -0.1) is 0 Å². The van der Waals surface area contributed by atoms with Crippen LogP contribution in [0, 0.1) is 0 Å². The first-order chi connectivity index (χ1) is 13.8. The molecule has 1 saturated heterocycles. The Kier molecular flexibility index (Phi) is 5.32. The van der Waals surface area contributed by atoms with Crippen LogP contribution in [0.5, 0.6) is 0 Å². The number of rotatable bonds is 4. The summed E-state index contributed by atoms with van der Waals surface area (Å²) in [6.07, 6.45) is 3.37. The van der Waals surface area contributed by atoms with Crippen LogP contribution in [0.1, 0.15) is 29.5 Å². The number of pyridine rings is 1. The number of carbonyl (C=O) groups excluding carboxylic acids is 1. The van der Waals surface area contributed by atoms with Crippen molar-refractivity contribution in [2.45, 2.75) is 19.8 Å². The highest BCUT2D eigenvalue weighted by Crippen LogP contribution is 2.28.